The Bertz CT molecular complexity index is 1550. The van der Waals surface area contributed by atoms with Crippen LogP contribution in [0.5, 0.6) is 5.75 Å². The number of rotatable bonds is 8. The highest BCUT2D eigenvalue weighted by Crippen LogP contribution is 2.24. The second-order valence-electron chi connectivity index (χ2n) is 8.02. The molecule has 0 aliphatic rings. The number of fused-ring (bicyclic) bond motifs is 1. The van der Waals surface area contributed by atoms with Crippen molar-refractivity contribution < 1.29 is 31.1 Å². The molecule has 0 spiro atoms. The average Bonchev–Trinajstić information content (AvgIpc) is 3.17. The van der Waals surface area contributed by atoms with Gasteiger partial charge in [0.1, 0.15) is 12.3 Å². The van der Waals surface area contributed by atoms with E-state index in [-0.39, 0.29) is 11.4 Å². The number of aromatic nitrogens is 1. The van der Waals surface area contributed by atoms with Gasteiger partial charge in [0.05, 0.1) is 11.1 Å². The molecule has 0 aliphatic carbocycles. The average molecular weight is 531 g/mol. The maximum absolute atomic E-state index is 12.6. The predicted octanol–water partition coefficient (Wildman–Crippen LogP) is 4.80. The Labute approximate surface area is 210 Å². The molecule has 4 aromatic rings. The normalized spacial score (nSPS) is 12.1. The van der Waals surface area contributed by atoms with Crippen LogP contribution in [0.1, 0.15) is 11.1 Å². The summed E-state index contributed by atoms with van der Waals surface area (Å²) in [5.41, 5.74) is 2.49. The van der Waals surface area contributed by atoms with Crippen LogP contribution in [0.15, 0.2) is 89.0 Å². The Balaban J connectivity index is 1.47. The smallest absolute Gasteiger partial charge is 0.406 e. The fourth-order valence-corrected chi connectivity index (χ4v) is 4.33. The fraction of sp³-hybridized carbons (Fsp3) is 0.120. The molecule has 1 heterocycles. The number of alkyl halides is 3. The van der Waals surface area contributed by atoms with E-state index >= 15 is 0 Å². The molecule has 0 unspecified atom stereocenters. The molecule has 0 atom stereocenters. The Morgan fingerprint density at radius 1 is 1.03 bits per heavy atom. The van der Waals surface area contributed by atoms with Crippen molar-refractivity contribution in [3.63, 3.8) is 0 Å². The highest BCUT2D eigenvalue weighted by molar-refractivity contribution is 7.89. The number of benzene rings is 3. The molecule has 0 saturated heterocycles. The van der Waals surface area contributed by atoms with Gasteiger partial charge in [-0.1, -0.05) is 35.9 Å². The number of hydrazone groups is 1. The highest BCUT2D eigenvalue weighted by Gasteiger charge is 2.31. The molecule has 1 aromatic heterocycles. The Morgan fingerprint density at radius 2 is 1.70 bits per heavy atom. The molecule has 0 radical (unpaired) electrons. The van der Waals surface area contributed by atoms with Crippen LogP contribution in [-0.4, -0.2) is 31.5 Å². The number of amides is 1. The van der Waals surface area contributed by atoms with Gasteiger partial charge in [-0.25, -0.2) is 4.83 Å². The zero-order valence-corrected chi connectivity index (χ0v) is 20.2. The van der Waals surface area contributed by atoms with Gasteiger partial charge in [0, 0.05) is 28.4 Å². The number of carbonyl (C=O) groups excluding carboxylic acids is 1. The number of para-hydroxylation sites is 1. The predicted molar refractivity (Wildman–Crippen MR) is 133 cm³/mol. The zero-order chi connectivity index (χ0) is 26.6. The maximum Gasteiger partial charge on any atom is 0.573 e. The van der Waals surface area contributed by atoms with Crippen LogP contribution >= 0.6 is 0 Å². The van der Waals surface area contributed by atoms with E-state index in [0.717, 1.165) is 23.1 Å². The zero-order valence-electron chi connectivity index (χ0n) is 19.4. The van der Waals surface area contributed by atoms with Crippen molar-refractivity contribution in [1.29, 1.82) is 0 Å². The molecule has 2 N–H and O–H groups in total. The van der Waals surface area contributed by atoms with Crippen molar-refractivity contribution in [2.45, 2.75) is 24.7 Å². The lowest BCUT2D eigenvalue weighted by Crippen LogP contribution is -2.19. The molecule has 8 nitrogen and oxygen atoms in total. The summed E-state index contributed by atoms with van der Waals surface area (Å²) in [7, 11) is -3.85. The molecular formula is C25H21F3N4O4S. The van der Waals surface area contributed by atoms with Crippen molar-refractivity contribution in [2.75, 3.05) is 5.32 Å². The SMILES string of the molecule is Cc1ccc(S(=O)(=O)N/N=C/c2cn(CC(=O)Nc3ccc(OC(F)(F)F)cc3)c3ccccc23)cc1. The third kappa shape index (κ3) is 6.67. The van der Waals surface area contributed by atoms with Crippen molar-refractivity contribution in [3.05, 3.63) is 90.1 Å². The van der Waals surface area contributed by atoms with E-state index in [9.17, 15) is 26.4 Å². The van der Waals surface area contributed by atoms with Crippen LogP contribution in [0, 0.1) is 6.92 Å². The lowest BCUT2D eigenvalue weighted by atomic mass is 10.2. The van der Waals surface area contributed by atoms with Crippen LogP contribution in [0.25, 0.3) is 10.9 Å². The van der Waals surface area contributed by atoms with Crippen LogP contribution in [-0.2, 0) is 21.4 Å². The minimum Gasteiger partial charge on any atom is -0.406 e. The second-order valence-corrected chi connectivity index (χ2v) is 9.68. The first-order chi connectivity index (χ1) is 17.5. The van der Waals surface area contributed by atoms with Crippen molar-refractivity contribution in [3.8, 4) is 5.75 Å². The van der Waals surface area contributed by atoms with E-state index in [2.05, 4.69) is 20.0 Å². The summed E-state index contributed by atoms with van der Waals surface area (Å²) in [6.07, 6.45) is -1.81. The second kappa shape index (κ2) is 10.3. The minimum atomic E-state index is -4.80. The first kappa shape index (κ1) is 25.8. The van der Waals surface area contributed by atoms with E-state index in [1.807, 2.05) is 6.92 Å². The molecule has 0 bridgehead atoms. The highest BCUT2D eigenvalue weighted by atomic mass is 32.2. The lowest BCUT2D eigenvalue weighted by molar-refractivity contribution is -0.274. The van der Waals surface area contributed by atoms with Gasteiger partial charge in [-0.15, -0.1) is 13.2 Å². The van der Waals surface area contributed by atoms with Gasteiger partial charge in [0.2, 0.25) is 5.91 Å². The topological polar surface area (TPSA) is 102 Å². The number of hydrogen-bond donors (Lipinski definition) is 2. The Hall–Kier alpha value is -4.32. The monoisotopic (exact) mass is 530 g/mol. The number of halogens is 3. The van der Waals surface area contributed by atoms with Gasteiger partial charge in [0.25, 0.3) is 10.0 Å². The van der Waals surface area contributed by atoms with Crippen molar-refractivity contribution in [1.82, 2.24) is 9.40 Å². The minimum absolute atomic E-state index is 0.0763. The van der Waals surface area contributed by atoms with E-state index < -0.39 is 28.0 Å². The summed E-state index contributed by atoms with van der Waals surface area (Å²) in [5.74, 6) is -0.822. The Morgan fingerprint density at radius 3 is 2.38 bits per heavy atom. The first-order valence-electron chi connectivity index (χ1n) is 10.9. The summed E-state index contributed by atoms with van der Waals surface area (Å²) >= 11 is 0. The molecule has 3 aromatic carbocycles. The molecule has 0 saturated carbocycles. The molecule has 4 rings (SSSR count). The van der Waals surface area contributed by atoms with Gasteiger partial charge < -0.3 is 14.6 Å². The summed E-state index contributed by atoms with van der Waals surface area (Å²) in [6, 6.07) is 18.3. The van der Waals surface area contributed by atoms with Crippen LogP contribution in [0.2, 0.25) is 0 Å². The fourth-order valence-electron chi connectivity index (χ4n) is 3.54. The number of hydrogen-bond acceptors (Lipinski definition) is 5. The van der Waals surface area contributed by atoms with Gasteiger partial charge in [-0.05, 0) is 49.4 Å². The van der Waals surface area contributed by atoms with Crippen LogP contribution in [0.3, 0.4) is 0 Å². The summed E-state index contributed by atoms with van der Waals surface area (Å²) in [4.78, 5) is 14.9. The van der Waals surface area contributed by atoms with E-state index in [1.54, 1.807) is 47.2 Å². The van der Waals surface area contributed by atoms with Gasteiger partial charge in [-0.3, -0.25) is 4.79 Å². The number of nitrogens with one attached hydrogen (secondary N) is 2. The number of anilines is 1. The summed E-state index contributed by atoms with van der Waals surface area (Å²) in [5, 5.41) is 7.24. The third-order valence-electron chi connectivity index (χ3n) is 5.21. The molecule has 37 heavy (non-hydrogen) atoms. The maximum atomic E-state index is 12.6. The molecule has 0 fully saturated rings. The van der Waals surface area contributed by atoms with Crippen LogP contribution in [0.4, 0.5) is 18.9 Å². The number of sulfonamides is 1. The number of nitrogens with zero attached hydrogens (tertiary/aromatic N) is 2. The molecule has 1 amide bonds. The standard InChI is InChI=1S/C25H21F3N4O4S/c1-17-6-12-21(13-7-17)37(34,35)31-29-14-18-15-32(23-5-3-2-4-22(18)23)16-24(33)30-19-8-10-20(11-9-19)36-25(26,27)28/h2-15,31H,16H2,1H3,(H,30,33)/b29-14+. The number of aryl methyl sites for hydroxylation is 1. The largest absolute Gasteiger partial charge is 0.573 e. The van der Waals surface area contributed by atoms with Gasteiger partial charge in [-0.2, -0.15) is 13.5 Å². The van der Waals surface area contributed by atoms with Crippen LogP contribution < -0.4 is 14.9 Å². The quantitative estimate of drug-likeness (QED) is 0.252. The molecular weight excluding hydrogens is 509 g/mol. The van der Waals surface area contributed by atoms with Gasteiger partial charge >= 0.3 is 6.36 Å². The number of carbonyl (C=O) groups is 1. The molecule has 0 aliphatic heterocycles. The van der Waals surface area contributed by atoms with Gasteiger partial charge in [0.15, 0.2) is 0 Å². The summed E-state index contributed by atoms with van der Waals surface area (Å²) < 4.78 is 67.3. The van der Waals surface area contributed by atoms with Crippen molar-refractivity contribution in [2.24, 2.45) is 5.10 Å². The first-order valence-corrected chi connectivity index (χ1v) is 12.3. The molecule has 12 heteroatoms. The van der Waals surface area contributed by atoms with E-state index in [0.29, 0.717) is 16.8 Å². The molecule has 192 valence electrons. The number of ether oxygens (including phenoxy) is 1. The third-order valence-corrected chi connectivity index (χ3v) is 6.45. The van der Waals surface area contributed by atoms with E-state index in [1.165, 1.54) is 30.5 Å². The lowest BCUT2D eigenvalue weighted by Gasteiger charge is -2.10. The van der Waals surface area contributed by atoms with E-state index in [4.69, 9.17) is 0 Å². The summed E-state index contributed by atoms with van der Waals surface area (Å²) in [6.45, 7) is 1.74. The Kier molecular flexibility index (Phi) is 7.21. The van der Waals surface area contributed by atoms with Crippen molar-refractivity contribution >= 4 is 38.7 Å².